The summed E-state index contributed by atoms with van der Waals surface area (Å²) in [6.07, 6.45) is 5.86. The number of carbonyl (C=O) groups excluding carboxylic acids is 2. The maximum Gasteiger partial charge on any atom is 0.242 e. The monoisotopic (exact) mass is 603 g/mol. The summed E-state index contributed by atoms with van der Waals surface area (Å²) in [7, 11) is -3.85. The van der Waals surface area contributed by atoms with Crippen LogP contribution in [0.2, 0.25) is 10.0 Å². The van der Waals surface area contributed by atoms with E-state index in [1.807, 2.05) is 0 Å². The lowest BCUT2D eigenvalue weighted by atomic mass is 9.95. The number of nitrogens with one attached hydrogen (secondary N) is 1. The third kappa shape index (κ3) is 8.53. The molecular formula is C27H33Cl2F2N3O4S. The minimum absolute atomic E-state index is 0.0183. The molecule has 0 saturated heterocycles. The zero-order chi connectivity index (χ0) is 28.7. The Kier molecular flexibility index (Phi) is 11.0. The van der Waals surface area contributed by atoms with Gasteiger partial charge in [0.25, 0.3) is 0 Å². The molecule has 1 unspecified atom stereocenters. The van der Waals surface area contributed by atoms with Gasteiger partial charge in [0.2, 0.25) is 21.8 Å². The number of carbonyl (C=O) groups is 2. The van der Waals surface area contributed by atoms with Gasteiger partial charge >= 0.3 is 0 Å². The van der Waals surface area contributed by atoms with Crippen molar-refractivity contribution in [2.24, 2.45) is 0 Å². The molecule has 1 aliphatic carbocycles. The van der Waals surface area contributed by atoms with Crippen LogP contribution in [-0.4, -0.2) is 50.0 Å². The maximum absolute atomic E-state index is 13.8. The average Bonchev–Trinajstić information content (AvgIpc) is 2.87. The highest BCUT2D eigenvalue weighted by molar-refractivity contribution is 7.92. The topological polar surface area (TPSA) is 86.8 Å². The first kappa shape index (κ1) is 31.1. The van der Waals surface area contributed by atoms with Crippen molar-refractivity contribution in [3.63, 3.8) is 0 Å². The Morgan fingerprint density at radius 3 is 2.28 bits per heavy atom. The highest BCUT2D eigenvalue weighted by atomic mass is 35.5. The molecule has 2 amide bonds. The molecule has 0 aliphatic heterocycles. The van der Waals surface area contributed by atoms with Crippen molar-refractivity contribution in [2.45, 2.75) is 70.5 Å². The van der Waals surface area contributed by atoms with E-state index in [2.05, 4.69) is 5.32 Å². The summed E-state index contributed by atoms with van der Waals surface area (Å²) >= 11 is 12.7. The zero-order valence-corrected chi connectivity index (χ0v) is 24.3. The fourth-order valence-corrected chi connectivity index (χ4v) is 6.12. The lowest BCUT2D eigenvalue weighted by Gasteiger charge is -2.32. The van der Waals surface area contributed by atoms with Gasteiger partial charge in [0.15, 0.2) is 11.6 Å². The van der Waals surface area contributed by atoms with Crippen LogP contribution in [0.4, 0.5) is 14.5 Å². The molecule has 1 N–H and O–H groups in total. The Morgan fingerprint density at radius 2 is 1.69 bits per heavy atom. The Hall–Kier alpha value is -2.43. The van der Waals surface area contributed by atoms with E-state index in [-0.39, 0.29) is 43.6 Å². The molecule has 2 aromatic carbocycles. The number of rotatable bonds is 11. The summed E-state index contributed by atoms with van der Waals surface area (Å²) in [5.74, 6) is -2.98. The number of anilines is 1. The van der Waals surface area contributed by atoms with Gasteiger partial charge < -0.3 is 10.2 Å². The molecule has 0 aromatic heterocycles. The zero-order valence-electron chi connectivity index (χ0n) is 21.9. The Labute approximate surface area is 238 Å². The average molecular weight is 605 g/mol. The van der Waals surface area contributed by atoms with E-state index in [0.717, 1.165) is 60.9 Å². The molecule has 12 heteroatoms. The van der Waals surface area contributed by atoms with Gasteiger partial charge in [-0.15, -0.1) is 0 Å². The summed E-state index contributed by atoms with van der Waals surface area (Å²) in [5, 5.41) is 3.74. The minimum atomic E-state index is -3.85. The van der Waals surface area contributed by atoms with Gasteiger partial charge in [0.05, 0.1) is 11.9 Å². The van der Waals surface area contributed by atoms with Gasteiger partial charge in [0, 0.05) is 47.2 Å². The van der Waals surface area contributed by atoms with E-state index in [9.17, 15) is 26.8 Å². The van der Waals surface area contributed by atoms with Crippen molar-refractivity contribution in [3.8, 4) is 0 Å². The summed E-state index contributed by atoms with van der Waals surface area (Å²) in [6, 6.07) is 6.96. The molecule has 2 aromatic rings. The largest absolute Gasteiger partial charge is 0.352 e. The molecule has 214 valence electrons. The second kappa shape index (κ2) is 13.8. The Balaban J connectivity index is 1.77. The standard InChI is InChI=1S/C27H33Cl2F2N3O4S/c1-18(27(36)32-19-8-4-3-5-9-19)33(17-21-22(28)10-6-11-23(21)29)26(35)12-7-15-34(39(2,37)38)20-13-14-24(30)25(31)16-20/h6,10-11,13-14,16,18-19H,3-5,7-9,12,15,17H2,1-2H3,(H,32,36). The summed E-state index contributed by atoms with van der Waals surface area (Å²) in [4.78, 5) is 28.0. The number of benzene rings is 2. The van der Waals surface area contributed by atoms with E-state index in [1.54, 1.807) is 25.1 Å². The normalized spacial score (nSPS) is 15.0. The number of halogens is 4. The predicted molar refractivity (Wildman–Crippen MR) is 149 cm³/mol. The molecule has 1 aliphatic rings. The molecule has 0 heterocycles. The quantitative estimate of drug-likeness (QED) is 0.358. The third-order valence-electron chi connectivity index (χ3n) is 6.85. The Bertz CT molecular complexity index is 1270. The van der Waals surface area contributed by atoms with Gasteiger partial charge in [-0.3, -0.25) is 13.9 Å². The van der Waals surface area contributed by atoms with E-state index < -0.39 is 33.6 Å². The lowest BCUT2D eigenvalue weighted by molar-refractivity contribution is -0.141. The molecule has 1 saturated carbocycles. The fourth-order valence-electron chi connectivity index (χ4n) is 4.65. The Morgan fingerprint density at radius 1 is 1.05 bits per heavy atom. The van der Waals surface area contributed by atoms with Crippen LogP contribution in [0.15, 0.2) is 36.4 Å². The molecule has 0 radical (unpaired) electrons. The van der Waals surface area contributed by atoms with Crippen molar-refractivity contribution in [1.82, 2.24) is 10.2 Å². The molecule has 0 bridgehead atoms. The van der Waals surface area contributed by atoms with Gasteiger partial charge in [-0.1, -0.05) is 48.5 Å². The van der Waals surface area contributed by atoms with Crippen molar-refractivity contribution >= 4 is 50.7 Å². The molecule has 39 heavy (non-hydrogen) atoms. The van der Waals surface area contributed by atoms with Crippen molar-refractivity contribution in [1.29, 1.82) is 0 Å². The van der Waals surface area contributed by atoms with Gasteiger partial charge in [0.1, 0.15) is 6.04 Å². The second-order valence-electron chi connectivity index (χ2n) is 9.78. The first-order valence-electron chi connectivity index (χ1n) is 12.8. The first-order chi connectivity index (χ1) is 18.4. The summed E-state index contributed by atoms with van der Waals surface area (Å²) in [6.45, 7) is 1.46. The minimum Gasteiger partial charge on any atom is -0.352 e. The SMILES string of the molecule is CC(C(=O)NC1CCCCC1)N(Cc1c(Cl)cccc1Cl)C(=O)CCCN(c1ccc(F)c(F)c1)S(C)(=O)=O. The summed E-state index contributed by atoms with van der Waals surface area (Å²) in [5.41, 5.74) is 0.440. The molecule has 7 nitrogen and oxygen atoms in total. The van der Waals surface area contributed by atoms with Gasteiger partial charge in [-0.25, -0.2) is 17.2 Å². The van der Waals surface area contributed by atoms with Crippen LogP contribution in [0.5, 0.6) is 0 Å². The van der Waals surface area contributed by atoms with Crippen LogP contribution < -0.4 is 9.62 Å². The molecule has 1 fully saturated rings. The number of nitrogens with zero attached hydrogens (tertiary/aromatic N) is 2. The smallest absolute Gasteiger partial charge is 0.242 e. The van der Waals surface area contributed by atoms with E-state index in [4.69, 9.17) is 23.2 Å². The van der Waals surface area contributed by atoms with E-state index in [0.29, 0.717) is 15.6 Å². The van der Waals surface area contributed by atoms with Crippen molar-refractivity contribution in [3.05, 3.63) is 63.6 Å². The maximum atomic E-state index is 13.8. The third-order valence-corrected chi connectivity index (χ3v) is 8.75. The number of sulfonamides is 1. The van der Waals surface area contributed by atoms with Crippen LogP contribution in [0, 0.1) is 11.6 Å². The van der Waals surface area contributed by atoms with E-state index in [1.165, 1.54) is 4.90 Å². The molecule has 3 rings (SSSR count). The molecular weight excluding hydrogens is 571 g/mol. The summed E-state index contributed by atoms with van der Waals surface area (Å²) < 4.78 is 52.8. The van der Waals surface area contributed by atoms with Gasteiger partial charge in [-0.2, -0.15) is 0 Å². The highest BCUT2D eigenvalue weighted by Gasteiger charge is 2.29. The molecule has 1 atom stereocenters. The predicted octanol–water partition coefficient (Wildman–Crippen LogP) is 5.68. The number of hydrogen-bond donors (Lipinski definition) is 1. The number of amides is 2. The molecule has 0 spiro atoms. The van der Waals surface area contributed by atoms with Crippen molar-refractivity contribution in [2.75, 3.05) is 17.1 Å². The first-order valence-corrected chi connectivity index (χ1v) is 15.4. The van der Waals surface area contributed by atoms with Crippen LogP contribution >= 0.6 is 23.2 Å². The van der Waals surface area contributed by atoms with Crippen molar-refractivity contribution < 1.29 is 26.8 Å². The van der Waals surface area contributed by atoms with Gasteiger partial charge in [-0.05, 0) is 50.5 Å². The van der Waals surface area contributed by atoms with Crippen LogP contribution in [0.3, 0.4) is 0 Å². The second-order valence-corrected chi connectivity index (χ2v) is 12.5. The van der Waals surface area contributed by atoms with Crippen LogP contribution in [0.1, 0.15) is 57.4 Å². The van der Waals surface area contributed by atoms with E-state index >= 15 is 0 Å². The van der Waals surface area contributed by atoms with Crippen LogP contribution in [0.25, 0.3) is 0 Å². The number of hydrogen-bond acceptors (Lipinski definition) is 4. The highest BCUT2D eigenvalue weighted by Crippen LogP contribution is 2.27. The lowest BCUT2D eigenvalue weighted by Crippen LogP contribution is -2.50. The fraction of sp³-hybridized carbons (Fsp3) is 0.481. The van der Waals surface area contributed by atoms with Crippen LogP contribution in [-0.2, 0) is 26.2 Å².